The van der Waals surface area contributed by atoms with Gasteiger partial charge < -0.3 is 5.32 Å². The summed E-state index contributed by atoms with van der Waals surface area (Å²) >= 11 is 0. The van der Waals surface area contributed by atoms with E-state index in [0.717, 1.165) is 24.9 Å². The number of nitrogens with one attached hydrogen (secondary N) is 1. The average Bonchev–Trinajstić information content (AvgIpc) is 2.74. The van der Waals surface area contributed by atoms with Crippen LogP contribution in [0.3, 0.4) is 0 Å². The number of hydrogen-bond donors (Lipinski definition) is 1. The molecule has 1 aliphatic rings. The van der Waals surface area contributed by atoms with Crippen molar-refractivity contribution in [3.05, 3.63) is 35.4 Å². The summed E-state index contributed by atoms with van der Waals surface area (Å²) in [5.41, 5.74) is 2.37. The molecule has 2 rings (SSSR count). The third-order valence-corrected chi connectivity index (χ3v) is 2.95. The second kappa shape index (κ2) is 4.58. The lowest BCUT2D eigenvalue weighted by atomic mass is 10.0. The largest absolute Gasteiger partial charge is 0.307 e. The number of Topliss-reactive ketones (excluding diaryl/α,β-unsaturated/α-hetero) is 1. The number of rotatable bonds is 3. The molecule has 2 heteroatoms. The summed E-state index contributed by atoms with van der Waals surface area (Å²) in [6.45, 7) is 3.05. The van der Waals surface area contributed by atoms with E-state index >= 15 is 0 Å². The van der Waals surface area contributed by atoms with Crippen molar-refractivity contribution in [2.75, 3.05) is 6.54 Å². The van der Waals surface area contributed by atoms with Crippen molar-refractivity contribution in [3.63, 3.8) is 0 Å². The maximum absolute atomic E-state index is 11.8. The van der Waals surface area contributed by atoms with E-state index in [0.29, 0.717) is 12.2 Å². The van der Waals surface area contributed by atoms with Gasteiger partial charge in [-0.3, -0.25) is 4.79 Å². The molecule has 80 valence electrons. The smallest absolute Gasteiger partial charge is 0.154 e. The van der Waals surface area contributed by atoms with E-state index in [9.17, 15) is 4.79 Å². The Morgan fingerprint density at radius 1 is 1.40 bits per heavy atom. The van der Waals surface area contributed by atoms with Crippen molar-refractivity contribution in [1.29, 1.82) is 0 Å². The Morgan fingerprint density at radius 3 is 2.73 bits per heavy atom. The monoisotopic (exact) mass is 203 g/mol. The van der Waals surface area contributed by atoms with Crippen LogP contribution < -0.4 is 5.32 Å². The number of benzene rings is 1. The van der Waals surface area contributed by atoms with Gasteiger partial charge in [-0.25, -0.2) is 0 Å². The Kier molecular flexibility index (Phi) is 3.17. The second-order valence-electron chi connectivity index (χ2n) is 4.28. The van der Waals surface area contributed by atoms with E-state index in [2.05, 4.69) is 24.4 Å². The average molecular weight is 203 g/mol. The van der Waals surface area contributed by atoms with Crippen molar-refractivity contribution < 1.29 is 4.79 Å². The van der Waals surface area contributed by atoms with Crippen LogP contribution in [0, 0.1) is 6.92 Å². The van der Waals surface area contributed by atoms with E-state index in [1.54, 1.807) is 0 Å². The Balaban J connectivity index is 1.96. The van der Waals surface area contributed by atoms with Gasteiger partial charge in [0, 0.05) is 6.42 Å². The Hall–Kier alpha value is -1.15. The lowest BCUT2D eigenvalue weighted by molar-refractivity contribution is -0.120. The van der Waals surface area contributed by atoms with Crippen LogP contribution in [0.1, 0.15) is 24.0 Å². The molecule has 0 bridgehead atoms. The molecule has 0 aliphatic carbocycles. The van der Waals surface area contributed by atoms with Gasteiger partial charge in [0.25, 0.3) is 0 Å². The first-order valence-electron chi connectivity index (χ1n) is 5.57. The molecule has 1 fully saturated rings. The maximum atomic E-state index is 11.8. The number of hydrogen-bond acceptors (Lipinski definition) is 2. The zero-order valence-electron chi connectivity index (χ0n) is 9.12. The molecule has 0 radical (unpaired) electrons. The Labute approximate surface area is 90.7 Å². The number of ketones is 1. The van der Waals surface area contributed by atoms with Crippen molar-refractivity contribution in [2.24, 2.45) is 0 Å². The molecule has 0 spiro atoms. The summed E-state index contributed by atoms with van der Waals surface area (Å²) in [5.74, 6) is 0.330. The van der Waals surface area contributed by atoms with Crippen LogP contribution in [0.2, 0.25) is 0 Å². The summed E-state index contributed by atoms with van der Waals surface area (Å²) in [5, 5.41) is 3.24. The van der Waals surface area contributed by atoms with Gasteiger partial charge in [-0.15, -0.1) is 0 Å². The minimum Gasteiger partial charge on any atom is -0.307 e. The van der Waals surface area contributed by atoms with Gasteiger partial charge in [0.05, 0.1) is 6.04 Å². The molecule has 15 heavy (non-hydrogen) atoms. The maximum Gasteiger partial charge on any atom is 0.154 e. The van der Waals surface area contributed by atoms with Gasteiger partial charge in [-0.2, -0.15) is 0 Å². The normalized spacial score (nSPS) is 20.5. The predicted molar refractivity (Wildman–Crippen MR) is 60.9 cm³/mol. The van der Waals surface area contributed by atoms with Gasteiger partial charge in [0.2, 0.25) is 0 Å². The molecule has 1 N–H and O–H groups in total. The topological polar surface area (TPSA) is 29.1 Å². The fraction of sp³-hybridized carbons (Fsp3) is 0.462. The highest BCUT2D eigenvalue weighted by atomic mass is 16.1. The number of carbonyl (C=O) groups is 1. The van der Waals surface area contributed by atoms with Crippen LogP contribution in [-0.4, -0.2) is 18.4 Å². The molecule has 1 aliphatic heterocycles. The quantitative estimate of drug-likeness (QED) is 0.812. The third-order valence-electron chi connectivity index (χ3n) is 2.95. The van der Waals surface area contributed by atoms with Crippen LogP contribution in [0.4, 0.5) is 0 Å². The third kappa shape index (κ3) is 2.66. The molecule has 0 aromatic heterocycles. The fourth-order valence-electron chi connectivity index (χ4n) is 1.99. The summed E-state index contributed by atoms with van der Waals surface area (Å²) in [7, 11) is 0. The molecule has 1 atom stereocenters. The highest BCUT2D eigenvalue weighted by molar-refractivity contribution is 5.86. The SMILES string of the molecule is Cc1ccc(CC(=O)[C@H]2CCCN2)cc1. The van der Waals surface area contributed by atoms with E-state index < -0.39 is 0 Å². The van der Waals surface area contributed by atoms with Crippen LogP contribution in [0.25, 0.3) is 0 Å². The van der Waals surface area contributed by atoms with E-state index in [1.165, 1.54) is 5.56 Å². The first-order valence-corrected chi connectivity index (χ1v) is 5.57. The zero-order valence-corrected chi connectivity index (χ0v) is 9.12. The number of aryl methyl sites for hydroxylation is 1. The molecular formula is C13H17NO. The van der Waals surface area contributed by atoms with Crippen molar-refractivity contribution >= 4 is 5.78 Å². The Morgan fingerprint density at radius 2 is 2.13 bits per heavy atom. The Bertz CT molecular complexity index is 336. The van der Waals surface area contributed by atoms with Crippen LogP contribution >= 0.6 is 0 Å². The highest BCUT2D eigenvalue weighted by Gasteiger charge is 2.21. The van der Waals surface area contributed by atoms with E-state index in [4.69, 9.17) is 0 Å². The minimum atomic E-state index is 0.103. The molecule has 2 nitrogen and oxygen atoms in total. The summed E-state index contributed by atoms with van der Waals surface area (Å²) in [6.07, 6.45) is 2.70. The summed E-state index contributed by atoms with van der Waals surface area (Å²) in [4.78, 5) is 11.8. The molecule has 0 unspecified atom stereocenters. The summed E-state index contributed by atoms with van der Waals surface area (Å²) < 4.78 is 0. The molecule has 1 aromatic carbocycles. The minimum absolute atomic E-state index is 0.103. The van der Waals surface area contributed by atoms with Gasteiger partial charge in [-0.1, -0.05) is 29.8 Å². The lowest BCUT2D eigenvalue weighted by Crippen LogP contribution is -2.31. The van der Waals surface area contributed by atoms with E-state index in [-0.39, 0.29) is 6.04 Å². The fourth-order valence-corrected chi connectivity index (χ4v) is 1.99. The molecule has 1 aromatic rings. The predicted octanol–water partition coefficient (Wildman–Crippen LogP) is 1.86. The van der Waals surface area contributed by atoms with Gasteiger partial charge in [-0.05, 0) is 31.9 Å². The second-order valence-corrected chi connectivity index (χ2v) is 4.28. The molecule has 1 heterocycles. The van der Waals surface area contributed by atoms with Crippen LogP contribution in [0.15, 0.2) is 24.3 Å². The molecular weight excluding hydrogens is 186 g/mol. The van der Waals surface area contributed by atoms with Crippen molar-refractivity contribution in [1.82, 2.24) is 5.32 Å². The molecule has 0 saturated carbocycles. The van der Waals surface area contributed by atoms with Crippen LogP contribution in [-0.2, 0) is 11.2 Å². The van der Waals surface area contributed by atoms with Gasteiger partial charge in [0.15, 0.2) is 5.78 Å². The van der Waals surface area contributed by atoms with Crippen molar-refractivity contribution in [2.45, 2.75) is 32.2 Å². The molecule has 0 amide bonds. The van der Waals surface area contributed by atoms with Crippen LogP contribution in [0.5, 0.6) is 0 Å². The van der Waals surface area contributed by atoms with E-state index in [1.807, 2.05) is 12.1 Å². The highest BCUT2D eigenvalue weighted by Crippen LogP contribution is 2.10. The van der Waals surface area contributed by atoms with Gasteiger partial charge in [0.1, 0.15) is 0 Å². The van der Waals surface area contributed by atoms with Crippen molar-refractivity contribution in [3.8, 4) is 0 Å². The number of carbonyl (C=O) groups excluding carboxylic acids is 1. The first kappa shape index (κ1) is 10.4. The summed E-state index contributed by atoms with van der Waals surface area (Å²) in [6, 6.07) is 8.31. The standard InChI is InChI=1S/C13H17NO/c1-10-4-6-11(7-5-10)9-13(15)12-3-2-8-14-12/h4-7,12,14H,2-3,8-9H2,1H3/t12-/m1/s1. The molecule has 1 saturated heterocycles. The lowest BCUT2D eigenvalue weighted by Gasteiger charge is -2.08. The zero-order chi connectivity index (χ0) is 10.7. The van der Waals surface area contributed by atoms with Gasteiger partial charge >= 0.3 is 0 Å². The first-order chi connectivity index (χ1) is 7.25.